The van der Waals surface area contributed by atoms with Crippen molar-refractivity contribution >= 4 is 29.1 Å². The standard InChI is InChI=1S/C32H42F2N4O3/c1-22-5-8-25(27(19-22)38-15-11-31(9-10-31)12-16-38)28(39)36-24-7-6-23(21-35-29(40)41-30(2,3)4)26(20-24)37-17-13-32(33,34)14-18-37/h5-8,19-20H,9-18,21H2,1-4H3,(H,35,40)(H,36,39). The molecule has 2 N–H and O–H groups in total. The van der Waals surface area contributed by atoms with Gasteiger partial charge >= 0.3 is 6.09 Å². The highest BCUT2D eigenvalue weighted by atomic mass is 19.3. The number of nitrogens with zero attached hydrogens (tertiary/aromatic N) is 2. The highest BCUT2D eigenvalue weighted by Gasteiger charge is 2.44. The van der Waals surface area contributed by atoms with Crippen LogP contribution in [0.15, 0.2) is 36.4 Å². The topological polar surface area (TPSA) is 73.9 Å². The maximum atomic E-state index is 13.9. The van der Waals surface area contributed by atoms with Crippen LogP contribution in [-0.2, 0) is 11.3 Å². The second kappa shape index (κ2) is 11.1. The number of halogens is 2. The molecular formula is C32H42F2N4O3. The van der Waals surface area contributed by atoms with Gasteiger partial charge in [0.2, 0.25) is 0 Å². The summed E-state index contributed by atoms with van der Waals surface area (Å²) in [5, 5.41) is 5.82. The summed E-state index contributed by atoms with van der Waals surface area (Å²) in [5.41, 5.74) is 4.63. The van der Waals surface area contributed by atoms with Crippen LogP contribution in [0.2, 0.25) is 0 Å². The second-order valence-corrected chi connectivity index (χ2v) is 13.0. The maximum absolute atomic E-state index is 13.9. The van der Waals surface area contributed by atoms with E-state index in [1.807, 2.05) is 36.1 Å². The number of ether oxygens (including phenoxy) is 1. The monoisotopic (exact) mass is 568 g/mol. The Hall–Kier alpha value is -3.36. The molecule has 0 unspecified atom stereocenters. The summed E-state index contributed by atoms with van der Waals surface area (Å²) >= 11 is 0. The first-order valence-electron chi connectivity index (χ1n) is 14.7. The first-order valence-corrected chi connectivity index (χ1v) is 14.7. The van der Waals surface area contributed by atoms with E-state index in [0.717, 1.165) is 29.9 Å². The summed E-state index contributed by atoms with van der Waals surface area (Å²) in [6.07, 6.45) is 3.93. The fourth-order valence-corrected chi connectivity index (χ4v) is 5.83. The molecular weight excluding hydrogens is 526 g/mol. The number of alkyl halides is 2. The third-order valence-corrected chi connectivity index (χ3v) is 8.52. The largest absolute Gasteiger partial charge is 0.444 e. The third-order valence-electron chi connectivity index (χ3n) is 8.52. The van der Waals surface area contributed by atoms with Gasteiger partial charge in [0.25, 0.3) is 11.8 Å². The molecule has 0 aromatic heterocycles. The molecule has 9 heteroatoms. The van der Waals surface area contributed by atoms with Gasteiger partial charge in [-0.25, -0.2) is 13.6 Å². The van der Waals surface area contributed by atoms with E-state index in [9.17, 15) is 18.4 Å². The number of carbonyl (C=O) groups excluding carboxylic acids is 2. The number of piperidine rings is 2. The Bertz CT molecular complexity index is 1280. The summed E-state index contributed by atoms with van der Waals surface area (Å²) in [7, 11) is 0. The van der Waals surface area contributed by atoms with Gasteiger partial charge in [0, 0.05) is 62.6 Å². The molecule has 2 aromatic rings. The number of nitrogens with one attached hydrogen (secondary N) is 2. The molecule has 2 aliphatic heterocycles. The lowest BCUT2D eigenvalue weighted by Gasteiger charge is -2.35. The number of carbonyl (C=O) groups is 2. The molecule has 2 aromatic carbocycles. The van der Waals surface area contributed by atoms with Crippen LogP contribution in [0.4, 0.5) is 30.6 Å². The minimum absolute atomic E-state index is 0.171. The van der Waals surface area contributed by atoms with Crippen molar-refractivity contribution in [2.75, 3.05) is 41.3 Å². The number of alkyl carbamates (subject to hydrolysis) is 1. The first kappa shape index (κ1) is 29.1. The van der Waals surface area contributed by atoms with E-state index in [4.69, 9.17) is 4.74 Å². The number of hydrogen-bond donors (Lipinski definition) is 2. The SMILES string of the molecule is Cc1ccc(C(=O)Nc2ccc(CNC(=O)OC(C)(C)C)c(N3CCC(F)(F)CC3)c2)c(N2CCC3(CC2)CC3)c1. The molecule has 1 spiro atoms. The van der Waals surface area contributed by atoms with E-state index in [1.54, 1.807) is 26.8 Å². The zero-order chi connectivity index (χ0) is 29.4. The molecule has 1 aliphatic carbocycles. The van der Waals surface area contributed by atoms with Crippen molar-refractivity contribution < 1.29 is 23.1 Å². The van der Waals surface area contributed by atoms with Gasteiger partial charge in [0.15, 0.2) is 0 Å². The highest BCUT2D eigenvalue weighted by Crippen LogP contribution is 2.54. The Morgan fingerprint density at radius 1 is 0.878 bits per heavy atom. The molecule has 41 heavy (non-hydrogen) atoms. The minimum Gasteiger partial charge on any atom is -0.444 e. The second-order valence-electron chi connectivity index (χ2n) is 13.0. The van der Waals surface area contributed by atoms with Crippen molar-refractivity contribution in [1.29, 1.82) is 0 Å². The van der Waals surface area contributed by atoms with E-state index in [0.29, 0.717) is 22.4 Å². The summed E-state index contributed by atoms with van der Waals surface area (Å²) in [4.78, 5) is 30.1. The number of hydrogen-bond acceptors (Lipinski definition) is 5. The molecule has 1 saturated carbocycles. The lowest BCUT2D eigenvalue weighted by molar-refractivity contribution is -0.0220. The summed E-state index contributed by atoms with van der Waals surface area (Å²) in [6, 6.07) is 11.4. The molecule has 3 aliphatic rings. The molecule has 5 rings (SSSR count). The Morgan fingerprint density at radius 3 is 2.15 bits per heavy atom. The predicted molar refractivity (Wildman–Crippen MR) is 158 cm³/mol. The number of aryl methyl sites for hydroxylation is 1. The fraction of sp³-hybridized carbons (Fsp3) is 0.562. The van der Waals surface area contributed by atoms with E-state index >= 15 is 0 Å². The lowest BCUT2D eigenvalue weighted by atomic mass is 9.92. The first-order chi connectivity index (χ1) is 19.3. The van der Waals surface area contributed by atoms with Gasteiger partial charge in [-0.15, -0.1) is 0 Å². The smallest absolute Gasteiger partial charge is 0.407 e. The van der Waals surface area contributed by atoms with Gasteiger partial charge in [-0.2, -0.15) is 0 Å². The van der Waals surface area contributed by atoms with Gasteiger partial charge in [-0.1, -0.05) is 12.1 Å². The van der Waals surface area contributed by atoms with E-state index in [2.05, 4.69) is 21.6 Å². The molecule has 222 valence electrons. The van der Waals surface area contributed by atoms with Crippen LogP contribution in [0, 0.1) is 12.3 Å². The minimum atomic E-state index is -2.69. The number of benzene rings is 2. The zero-order valence-electron chi connectivity index (χ0n) is 24.6. The van der Waals surface area contributed by atoms with E-state index < -0.39 is 17.6 Å². The Balaban J connectivity index is 1.35. The lowest BCUT2D eigenvalue weighted by Crippen LogP contribution is -2.40. The average molecular weight is 569 g/mol. The fourth-order valence-electron chi connectivity index (χ4n) is 5.83. The van der Waals surface area contributed by atoms with Crippen LogP contribution >= 0.6 is 0 Å². The van der Waals surface area contributed by atoms with Crippen LogP contribution in [0.5, 0.6) is 0 Å². The van der Waals surface area contributed by atoms with Crippen LogP contribution in [-0.4, -0.2) is 49.7 Å². The average Bonchev–Trinajstić information content (AvgIpc) is 3.66. The molecule has 3 fully saturated rings. The zero-order valence-corrected chi connectivity index (χ0v) is 24.6. The Labute approximate surface area is 241 Å². The molecule has 0 bridgehead atoms. The summed E-state index contributed by atoms with van der Waals surface area (Å²) in [5.74, 6) is -2.89. The van der Waals surface area contributed by atoms with E-state index in [1.165, 1.54) is 25.7 Å². The van der Waals surface area contributed by atoms with Crippen molar-refractivity contribution in [3.63, 3.8) is 0 Å². The Kier molecular flexibility index (Phi) is 7.92. The van der Waals surface area contributed by atoms with Gasteiger partial charge in [0.1, 0.15) is 5.60 Å². The molecule has 2 saturated heterocycles. The number of rotatable bonds is 6. The van der Waals surface area contributed by atoms with Crippen molar-refractivity contribution in [3.05, 3.63) is 53.1 Å². The van der Waals surface area contributed by atoms with Crippen molar-refractivity contribution in [2.45, 2.75) is 84.3 Å². The summed E-state index contributed by atoms with van der Waals surface area (Å²) < 4.78 is 33.3. The quantitative estimate of drug-likeness (QED) is 0.397. The van der Waals surface area contributed by atoms with Gasteiger partial charge in [-0.3, -0.25) is 4.79 Å². The van der Waals surface area contributed by atoms with Crippen molar-refractivity contribution in [3.8, 4) is 0 Å². The van der Waals surface area contributed by atoms with Gasteiger partial charge in [0.05, 0.1) is 5.56 Å². The highest BCUT2D eigenvalue weighted by molar-refractivity contribution is 6.08. The number of anilines is 3. The molecule has 2 amide bonds. The van der Waals surface area contributed by atoms with Crippen molar-refractivity contribution in [2.24, 2.45) is 5.41 Å². The maximum Gasteiger partial charge on any atom is 0.407 e. The molecule has 7 nitrogen and oxygen atoms in total. The Morgan fingerprint density at radius 2 is 1.51 bits per heavy atom. The van der Waals surface area contributed by atoms with E-state index in [-0.39, 0.29) is 38.4 Å². The number of amides is 2. The molecule has 2 heterocycles. The van der Waals surface area contributed by atoms with Crippen LogP contribution in [0.25, 0.3) is 0 Å². The van der Waals surface area contributed by atoms with Gasteiger partial charge < -0.3 is 25.2 Å². The van der Waals surface area contributed by atoms with Crippen LogP contribution in [0.1, 0.15) is 80.8 Å². The van der Waals surface area contributed by atoms with Crippen LogP contribution < -0.4 is 20.4 Å². The molecule has 0 radical (unpaired) electrons. The predicted octanol–water partition coefficient (Wildman–Crippen LogP) is 6.89. The van der Waals surface area contributed by atoms with Crippen molar-refractivity contribution in [1.82, 2.24) is 5.32 Å². The normalized spacial score (nSPS) is 19.6. The van der Waals surface area contributed by atoms with Gasteiger partial charge in [-0.05, 0) is 94.2 Å². The van der Waals surface area contributed by atoms with Crippen LogP contribution in [0.3, 0.4) is 0 Å². The third kappa shape index (κ3) is 7.29. The molecule has 0 atom stereocenters. The summed E-state index contributed by atoms with van der Waals surface area (Å²) in [6.45, 7) is 9.84.